The number of nitrogens with two attached hydrogens (primary N) is 1. The van der Waals surface area contributed by atoms with Gasteiger partial charge < -0.3 is 4.74 Å². The van der Waals surface area contributed by atoms with Crippen LogP contribution in [0.2, 0.25) is 0 Å². The summed E-state index contributed by atoms with van der Waals surface area (Å²) in [6.45, 7) is 2.51. The second-order valence-electron chi connectivity index (χ2n) is 7.00. The summed E-state index contributed by atoms with van der Waals surface area (Å²) in [7, 11) is 1.38. The lowest BCUT2D eigenvalue weighted by molar-refractivity contribution is -0.730. The number of nitrogen functional groups attached to an aromatic ring is 1. The standard InChI is InChI=1S/C24H21N3O2/c1-16-10-12-18(13-11-16)22-20-8-3-4-9-21(20)23(25)27(26-22)15-17-6-5-7-19(14-17)24(28)29-2/h3-14,25H,15H2,1-2H3/p+1. The van der Waals surface area contributed by atoms with Gasteiger partial charge >= 0.3 is 11.8 Å². The molecule has 0 atom stereocenters. The molecule has 0 aliphatic heterocycles. The van der Waals surface area contributed by atoms with Gasteiger partial charge in [0.05, 0.1) is 18.1 Å². The number of esters is 1. The Hall–Kier alpha value is -3.73. The summed E-state index contributed by atoms with van der Waals surface area (Å²) in [4.78, 5) is 11.9. The number of nitrogens with zero attached hydrogens (tertiary/aromatic N) is 2. The van der Waals surface area contributed by atoms with Gasteiger partial charge in [0.25, 0.3) is 0 Å². The zero-order chi connectivity index (χ0) is 20.4. The predicted octanol–water partition coefficient (Wildman–Crippen LogP) is 3.91. The van der Waals surface area contributed by atoms with Gasteiger partial charge in [-0.15, -0.1) is 4.68 Å². The van der Waals surface area contributed by atoms with Gasteiger partial charge in [-0.1, -0.05) is 65.3 Å². The van der Waals surface area contributed by atoms with E-state index < -0.39 is 0 Å². The third-order valence-electron chi connectivity index (χ3n) is 4.96. The first-order valence-corrected chi connectivity index (χ1v) is 9.39. The van der Waals surface area contributed by atoms with Gasteiger partial charge in [0, 0.05) is 10.9 Å². The number of rotatable bonds is 4. The van der Waals surface area contributed by atoms with Gasteiger partial charge in [0.2, 0.25) is 0 Å². The van der Waals surface area contributed by atoms with Gasteiger partial charge in [-0.3, -0.25) is 5.73 Å². The quantitative estimate of drug-likeness (QED) is 0.428. The molecule has 0 spiro atoms. The van der Waals surface area contributed by atoms with Crippen LogP contribution in [0.4, 0.5) is 5.82 Å². The van der Waals surface area contributed by atoms with Crippen LogP contribution in [0.3, 0.4) is 0 Å². The summed E-state index contributed by atoms with van der Waals surface area (Å²) >= 11 is 0. The largest absolute Gasteiger partial charge is 0.465 e. The predicted molar refractivity (Wildman–Crippen MR) is 113 cm³/mol. The Morgan fingerprint density at radius 3 is 2.45 bits per heavy atom. The lowest BCUT2D eigenvalue weighted by Crippen LogP contribution is -2.42. The molecule has 5 nitrogen and oxygen atoms in total. The highest BCUT2D eigenvalue weighted by atomic mass is 16.5. The fourth-order valence-electron chi connectivity index (χ4n) is 3.41. The maximum atomic E-state index is 11.9. The van der Waals surface area contributed by atoms with Crippen LogP contribution in [-0.4, -0.2) is 18.2 Å². The molecule has 4 rings (SSSR count). The SMILES string of the molecule is COC(=O)c1cccc(C[n+]2nc(-c3ccc(C)cc3)c3ccccc3c2N)c1. The van der Waals surface area contributed by atoms with Crippen molar-refractivity contribution in [1.29, 1.82) is 0 Å². The maximum Gasteiger partial charge on any atom is 0.337 e. The zero-order valence-electron chi connectivity index (χ0n) is 16.4. The molecule has 0 aliphatic rings. The molecule has 144 valence electrons. The Kier molecular flexibility index (Phi) is 4.96. The molecule has 0 saturated heterocycles. The number of carbonyl (C=O) groups is 1. The summed E-state index contributed by atoms with van der Waals surface area (Å²) in [5.74, 6) is 0.219. The molecule has 29 heavy (non-hydrogen) atoms. The van der Waals surface area contributed by atoms with Gasteiger partial charge in [-0.2, -0.15) is 0 Å². The highest BCUT2D eigenvalue weighted by Gasteiger charge is 2.18. The Morgan fingerprint density at radius 1 is 1.00 bits per heavy atom. The minimum absolute atomic E-state index is 0.364. The van der Waals surface area contributed by atoms with Crippen LogP contribution in [-0.2, 0) is 11.3 Å². The number of anilines is 1. The molecule has 1 aromatic heterocycles. The van der Waals surface area contributed by atoms with Gasteiger partial charge in [-0.25, -0.2) is 4.79 Å². The minimum atomic E-state index is -0.364. The van der Waals surface area contributed by atoms with Crippen LogP contribution >= 0.6 is 0 Å². The first kappa shape index (κ1) is 18.6. The molecule has 1 heterocycles. The summed E-state index contributed by atoms with van der Waals surface area (Å²) < 4.78 is 6.61. The van der Waals surface area contributed by atoms with Crippen LogP contribution in [0.1, 0.15) is 21.5 Å². The number of ether oxygens (including phenoxy) is 1. The molecule has 4 aromatic rings. The van der Waals surface area contributed by atoms with Crippen LogP contribution in [0.15, 0.2) is 72.8 Å². The monoisotopic (exact) mass is 384 g/mol. The van der Waals surface area contributed by atoms with Crippen molar-refractivity contribution in [2.75, 3.05) is 12.8 Å². The highest BCUT2D eigenvalue weighted by molar-refractivity contribution is 5.98. The first-order valence-electron chi connectivity index (χ1n) is 9.39. The van der Waals surface area contributed by atoms with Crippen molar-refractivity contribution in [3.8, 4) is 11.3 Å². The summed E-state index contributed by atoms with van der Waals surface area (Å²) in [6, 6.07) is 23.6. The lowest BCUT2D eigenvalue weighted by atomic mass is 10.0. The Bertz CT molecular complexity index is 1200. The molecule has 0 saturated carbocycles. The molecular formula is C24H22N3O2+. The number of hydrogen-bond acceptors (Lipinski definition) is 4. The second-order valence-corrected chi connectivity index (χ2v) is 7.00. The second kappa shape index (κ2) is 7.72. The van der Waals surface area contributed by atoms with E-state index in [2.05, 4.69) is 31.2 Å². The van der Waals surface area contributed by atoms with Crippen molar-refractivity contribution in [2.45, 2.75) is 13.5 Å². The average molecular weight is 384 g/mol. The highest BCUT2D eigenvalue weighted by Crippen LogP contribution is 2.28. The topological polar surface area (TPSA) is 69.1 Å². The molecule has 0 fully saturated rings. The molecule has 2 N–H and O–H groups in total. The first-order chi connectivity index (χ1) is 14.1. The number of aromatic nitrogens is 2. The third kappa shape index (κ3) is 3.67. The molecule has 0 amide bonds. The maximum absolute atomic E-state index is 11.9. The van der Waals surface area contributed by atoms with E-state index in [1.54, 1.807) is 16.8 Å². The van der Waals surface area contributed by atoms with E-state index in [9.17, 15) is 4.79 Å². The van der Waals surface area contributed by atoms with Crippen LogP contribution in [0.5, 0.6) is 0 Å². The van der Waals surface area contributed by atoms with E-state index in [1.165, 1.54) is 12.7 Å². The fourth-order valence-corrected chi connectivity index (χ4v) is 3.41. The van der Waals surface area contributed by atoms with E-state index in [0.29, 0.717) is 17.9 Å². The number of benzene rings is 3. The lowest BCUT2D eigenvalue weighted by Gasteiger charge is -2.10. The van der Waals surface area contributed by atoms with Gasteiger partial charge in [-0.05, 0) is 30.7 Å². The van der Waals surface area contributed by atoms with Crippen LogP contribution in [0, 0.1) is 6.92 Å². The van der Waals surface area contributed by atoms with Crippen molar-refractivity contribution in [3.05, 3.63) is 89.5 Å². The van der Waals surface area contributed by atoms with Crippen molar-refractivity contribution in [3.63, 3.8) is 0 Å². The van der Waals surface area contributed by atoms with Gasteiger partial charge in [0.1, 0.15) is 12.2 Å². The number of fused-ring (bicyclic) bond motifs is 1. The fraction of sp³-hybridized carbons (Fsp3) is 0.125. The summed E-state index contributed by atoms with van der Waals surface area (Å²) in [6.07, 6.45) is 0. The number of methoxy groups -OCH3 is 1. The van der Waals surface area contributed by atoms with Crippen LogP contribution in [0.25, 0.3) is 22.0 Å². The number of aryl methyl sites for hydroxylation is 1. The van der Waals surface area contributed by atoms with E-state index in [1.807, 2.05) is 36.4 Å². The molecular weight excluding hydrogens is 362 g/mol. The Balaban J connectivity index is 1.84. The number of hydrogen-bond donors (Lipinski definition) is 1. The molecule has 0 bridgehead atoms. The summed E-state index contributed by atoms with van der Waals surface area (Å²) in [5, 5.41) is 6.82. The van der Waals surface area contributed by atoms with Crippen molar-refractivity contribution < 1.29 is 14.2 Å². The normalized spacial score (nSPS) is 10.8. The van der Waals surface area contributed by atoms with E-state index >= 15 is 0 Å². The van der Waals surface area contributed by atoms with E-state index in [0.717, 1.165) is 27.6 Å². The average Bonchev–Trinajstić information content (AvgIpc) is 2.76. The van der Waals surface area contributed by atoms with Crippen molar-refractivity contribution in [2.24, 2.45) is 0 Å². The Morgan fingerprint density at radius 2 is 1.72 bits per heavy atom. The molecule has 0 aliphatic carbocycles. The van der Waals surface area contributed by atoms with Crippen molar-refractivity contribution >= 4 is 22.6 Å². The third-order valence-corrected chi connectivity index (χ3v) is 4.96. The van der Waals surface area contributed by atoms with Crippen LogP contribution < -0.4 is 10.4 Å². The molecule has 0 radical (unpaired) electrons. The summed E-state index contributed by atoms with van der Waals surface area (Å²) in [5.41, 5.74) is 11.0. The minimum Gasteiger partial charge on any atom is -0.465 e. The smallest absolute Gasteiger partial charge is 0.337 e. The molecule has 3 aromatic carbocycles. The molecule has 0 unspecified atom stereocenters. The zero-order valence-corrected chi connectivity index (χ0v) is 16.4. The van der Waals surface area contributed by atoms with Crippen molar-refractivity contribution in [1.82, 2.24) is 5.10 Å². The molecule has 5 heteroatoms. The van der Waals surface area contributed by atoms with Gasteiger partial charge in [0.15, 0.2) is 0 Å². The van der Waals surface area contributed by atoms with E-state index in [4.69, 9.17) is 15.6 Å². The Labute approximate surface area is 169 Å². The van der Waals surface area contributed by atoms with E-state index in [-0.39, 0.29) is 5.97 Å². The number of carbonyl (C=O) groups excluding carboxylic acids is 1.